The van der Waals surface area contributed by atoms with Crippen molar-refractivity contribution < 1.29 is 24.0 Å². The Morgan fingerprint density at radius 2 is 1.81 bits per heavy atom. The van der Waals surface area contributed by atoms with E-state index in [0.717, 1.165) is 5.56 Å². The zero-order chi connectivity index (χ0) is 19.1. The lowest BCUT2D eigenvalue weighted by Crippen LogP contribution is -2.31. The summed E-state index contributed by atoms with van der Waals surface area (Å²) in [7, 11) is 0. The Hall–Kier alpha value is -3.42. The molecular formula is C18H18N2O6. The van der Waals surface area contributed by atoms with Crippen LogP contribution in [0.15, 0.2) is 48.5 Å². The first kappa shape index (κ1) is 18.9. The number of carbonyl (C=O) groups excluding carboxylic acids is 2. The number of esters is 1. The monoisotopic (exact) mass is 358 g/mol. The van der Waals surface area contributed by atoms with Gasteiger partial charge < -0.3 is 14.8 Å². The SMILES string of the molecule is Cc1ccccc1OCC(=O)O[C@@H](C)C(=O)Nc1ccccc1[N+](=O)[O-]. The second-order valence-electron chi connectivity index (χ2n) is 5.45. The van der Waals surface area contributed by atoms with Crippen LogP contribution in [0, 0.1) is 17.0 Å². The van der Waals surface area contributed by atoms with Gasteiger partial charge in [0.2, 0.25) is 0 Å². The Morgan fingerprint density at radius 3 is 2.50 bits per heavy atom. The molecule has 136 valence electrons. The van der Waals surface area contributed by atoms with E-state index in [1.165, 1.54) is 25.1 Å². The van der Waals surface area contributed by atoms with Gasteiger partial charge in [-0.25, -0.2) is 4.79 Å². The topological polar surface area (TPSA) is 108 Å². The number of ether oxygens (including phenoxy) is 2. The molecule has 0 aliphatic rings. The Morgan fingerprint density at radius 1 is 1.15 bits per heavy atom. The fourth-order valence-corrected chi connectivity index (χ4v) is 2.11. The minimum atomic E-state index is -1.14. The largest absolute Gasteiger partial charge is 0.482 e. The Balaban J connectivity index is 1.90. The number of carbonyl (C=O) groups is 2. The Kier molecular flexibility index (Phi) is 6.26. The lowest BCUT2D eigenvalue weighted by molar-refractivity contribution is -0.383. The van der Waals surface area contributed by atoms with Crippen molar-refractivity contribution in [1.82, 2.24) is 0 Å². The van der Waals surface area contributed by atoms with Crippen molar-refractivity contribution in [2.24, 2.45) is 0 Å². The number of hydrogen-bond acceptors (Lipinski definition) is 6. The van der Waals surface area contributed by atoms with Crippen LogP contribution >= 0.6 is 0 Å². The molecule has 0 fully saturated rings. The maximum Gasteiger partial charge on any atom is 0.344 e. The summed E-state index contributed by atoms with van der Waals surface area (Å²) in [4.78, 5) is 34.3. The molecule has 1 atom stereocenters. The number of nitrogens with zero attached hydrogens (tertiary/aromatic N) is 1. The number of para-hydroxylation sites is 3. The van der Waals surface area contributed by atoms with E-state index >= 15 is 0 Å². The van der Waals surface area contributed by atoms with Gasteiger partial charge in [-0.3, -0.25) is 14.9 Å². The van der Waals surface area contributed by atoms with Gasteiger partial charge in [-0.05, 0) is 31.5 Å². The van der Waals surface area contributed by atoms with Crippen LogP contribution in [-0.2, 0) is 14.3 Å². The number of nitrogens with one attached hydrogen (secondary N) is 1. The van der Waals surface area contributed by atoms with Crippen molar-refractivity contribution in [3.8, 4) is 5.75 Å². The molecule has 0 aromatic heterocycles. The normalized spacial score (nSPS) is 11.3. The molecule has 0 unspecified atom stereocenters. The molecule has 1 N–H and O–H groups in total. The van der Waals surface area contributed by atoms with Gasteiger partial charge in [-0.15, -0.1) is 0 Å². The molecule has 26 heavy (non-hydrogen) atoms. The van der Waals surface area contributed by atoms with E-state index in [0.29, 0.717) is 5.75 Å². The third kappa shape index (κ3) is 5.04. The van der Waals surface area contributed by atoms with Gasteiger partial charge in [0.05, 0.1) is 4.92 Å². The molecule has 8 heteroatoms. The average molecular weight is 358 g/mol. The lowest BCUT2D eigenvalue weighted by atomic mass is 10.2. The number of anilines is 1. The minimum absolute atomic E-state index is 0.0292. The van der Waals surface area contributed by atoms with Crippen LogP contribution in [0.25, 0.3) is 0 Å². The molecule has 0 heterocycles. The molecule has 2 aromatic rings. The zero-order valence-electron chi connectivity index (χ0n) is 14.3. The van der Waals surface area contributed by atoms with E-state index in [1.54, 1.807) is 18.2 Å². The highest BCUT2D eigenvalue weighted by molar-refractivity contribution is 5.96. The second kappa shape index (κ2) is 8.61. The summed E-state index contributed by atoms with van der Waals surface area (Å²) in [5.74, 6) is -0.858. The van der Waals surface area contributed by atoms with Crippen LogP contribution in [0.4, 0.5) is 11.4 Å². The van der Waals surface area contributed by atoms with E-state index in [2.05, 4.69) is 5.32 Å². The molecule has 0 bridgehead atoms. The Labute approximate surface area is 149 Å². The first-order chi connectivity index (χ1) is 12.4. The molecule has 0 aliphatic carbocycles. The summed E-state index contributed by atoms with van der Waals surface area (Å²) in [5, 5.41) is 13.3. The molecule has 0 aliphatic heterocycles. The van der Waals surface area contributed by atoms with Gasteiger partial charge in [0.25, 0.3) is 11.6 Å². The summed E-state index contributed by atoms with van der Waals surface area (Å²) < 4.78 is 10.4. The maximum atomic E-state index is 12.1. The van der Waals surface area contributed by atoms with Gasteiger partial charge in [-0.2, -0.15) is 0 Å². The van der Waals surface area contributed by atoms with Gasteiger partial charge in [0, 0.05) is 6.07 Å². The van der Waals surface area contributed by atoms with Crippen LogP contribution in [0.5, 0.6) is 5.75 Å². The number of nitro groups is 1. The van der Waals surface area contributed by atoms with Crippen LogP contribution in [-0.4, -0.2) is 29.5 Å². The quantitative estimate of drug-likeness (QED) is 0.463. The molecule has 2 aromatic carbocycles. The lowest BCUT2D eigenvalue weighted by Gasteiger charge is -2.14. The first-order valence-corrected chi connectivity index (χ1v) is 7.80. The van der Waals surface area contributed by atoms with Crippen molar-refractivity contribution in [1.29, 1.82) is 0 Å². The average Bonchev–Trinajstić information content (AvgIpc) is 2.61. The molecule has 0 spiro atoms. The number of nitro benzene ring substituents is 1. The fourth-order valence-electron chi connectivity index (χ4n) is 2.11. The van der Waals surface area contributed by atoms with Gasteiger partial charge in [0.1, 0.15) is 11.4 Å². The molecule has 1 amide bonds. The van der Waals surface area contributed by atoms with Crippen LogP contribution in [0.1, 0.15) is 12.5 Å². The second-order valence-corrected chi connectivity index (χ2v) is 5.45. The molecular weight excluding hydrogens is 340 g/mol. The van der Waals surface area contributed by atoms with Gasteiger partial charge in [0.15, 0.2) is 12.7 Å². The summed E-state index contributed by atoms with van der Waals surface area (Å²) in [6.45, 7) is 2.85. The van der Waals surface area contributed by atoms with Crippen molar-refractivity contribution >= 4 is 23.3 Å². The molecule has 8 nitrogen and oxygen atoms in total. The van der Waals surface area contributed by atoms with Crippen molar-refractivity contribution in [2.75, 3.05) is 11.9 Å². The van der Waals surface area contributed by atoms with Crippen molar-refractivity contribution in [3.05, 3.63) is 64.2 Å². The van der Waals surface area contributed by atoms with Crippen LogP contribution in [0.2, 0.25) is 0 Å². The van der Waals surface area contributed by atoms with Gasteiger partial charge in [-0.1, -0.05) is 30.3 Å². The van der Waals surface area contributed by atoms with E-state index in [-0.39, 0.29) is 18.0 Å². The summed E-state index contributed by atoms with van der Waals surface area (Å²) >= 11 is 0. The number of benzene rings is 2. The first-order valence-electron chi connectivity index (χ1n) is 7.80. The standard InChI is InChI=1S/C18H18N2O6/c1-12-7-3-6-10-16(12)25-11-17(21)26-13(2)18(22)19-14-8-4-5-9-15(14)20(23)24/h3-10,13H,11H2,1-2H3,(H,19,22)/t13-/m0/s1. The molecule has 0 saturated heterocycles. The maximum absolute atomic E-state index is 12.1. The molecule has 0 saturated carbocycles. The highest BCUT2D eigenvalue weighted by Gasteiger charge is 2.21. The zero-order valence-corrected chi connectivity index (χ0v) is 14.3. The number of hydrogen-bond donors (Lipinski definition) is 1. The van der Waals surface area contributed by atoms with Gasteiger partial charge >= 0.3 is 5.97 Å². The van der Waals surface area contributed by atoms with E-state index in [4.69, 9.17) is 9.47 Å². The third-order valence-electron chi connectivity index (χ3n) is 3.48. The molecule has 2 rings (SSSR count). The number of rotatable bonds is 7. The van der Waals surface area contributed by atoms with E-state index < -0.39 is 22.9 Å². The Bertz CT molecular complexity index is 821. The van der Waals surface area contributed by atoms with Crippen molar-refractivity contribution in [2.45, 2.75) is 20.0 Å². The highest BCUT2D eigenvalue weighted by Crippen LogP contribution is 2.23. The molecule has 0 radical (unpaired) electrons. The summed E-state index contributed by atoms with van der Waals surface area (Å²) in [5.41, 5.74) is 0.645. The predicted molar refractivity (Wildman–Crippen MR) is 94.0 cm³/mol. The number of amides is 1. The highest BCUT2D eigenvalue weighted by atomic mass is 16.6. The number of aryl methyl sites for hydroxylation is 1. The van der Waals surface area contributed by atoms with E-state index in [9.17, 15) is 19.7 Å². The van der Waals surface area contributed by atoms with Crippen molar-refractivity contribution in [3.63, 3.8) is 0 Å². The summed E-state index contributed by atoms with van der Waals surface area (Å²) in [6, 6.07) is 12.9. The minimum Gasteiger partial charge on any atom is -0.482 e. The predicted octanol–water partition coefficient (Wildman–Crippen LogP) is 2.85. The van der Waals surface area contributed by atoms with E-state index in [1.807, 2.05) is 19.1 Å². The van der Waals surface area contributed by atoms with Crippen LogP contribution < -0.4 is 10.1 Å². The smallest absolute Gasteiger partial charge is 0.344 e. The fraction of sp³-hybridized carbons (Fsp3) is 0.222. The third-order valence-corrected chi connectivity index (χ3v) is 3.48. The van der Waals surface area contributed by atoms with Crippen LogP contribution in [0.3, 0.4) is 0 Å². The summed E-state index contributed by atoms with van der Waals surface area (Å²) in [6.07, 6.45) is -1.14.